The second-order valence-corrected chi connectivity index (χ2v) is 11.4. The zero-order chi connectivity index (χ0) is 28.7. The Labute approximate surface area is 236 Å². The summed E-state index contributed by atoms with van der Waals surface area (Å²) in [6, 6.07) is 8.70. The summed E-state index contributed by atoms with van der Waals surface area (Å²) in [7, 11) is 0. The molecule has 9 heteroatoms. The van der Waals surface area contributed by atoms with Gasteiger partial charge in [0, 0.05) is 51.0 Å². The minimum Gasteiger partial charge on any atom is -0.408 e. The van der Waals surface area contributed by atoms with Crippen molar-refractivity contribution in [2.24, 2.45) is 11.3 Å². The van der Waals surface area contributed by atoms with Crippen molar-refractivity contribution in [1.82, 2.24) is 15.1 Å². The van der Waals surface area contributed by atoms with E-state index in [0.29, 0.717) is 51.6 Å². The van der Waals surface area contributed by atoms with Crippen LogP contribution in [0.1, 0.15) is 63.0 Å². The summed E-state index contributed by atoms with van der Waals surface area (Å²) in [4.78, 5) is 40.5. The molecule has 3 fully saturated rings. The molecule has 4 aliphatic rings. The SMILES string of the molecule is CCNC(=O)OC1=C(F)CCC=C1.Cc1ccc([C@H]2CCN(C(=O)C3CCN(C(=O)C4(C)COC4)CC3)C2)cc1. The van der Waals surface area contributed by atoms with E-state index in [0.717, 1.165) is 32.4 Å². The van der Waals surface area contributed by atoms with Crippen LogP contribution in [0.3, 0.4) is 0 Å². The maximum absolute atomic E-state index is 13.0. The summed E-state index contributed by atoms with van der Waals surface area (Å²) in [6.07, 6.45) is 6.23. The van der Waals surface area contributed by atoms with Gasteiger partial charge in [0.25, 0.3) is 0 Å². The van der Waals surface area contributed by atoms with Crippen molar-refractivity contribution in [1.29, 1.82) is 0 Å². The van der Waals surface area contributed by atoms with Crippen molar-refractivity contribution in [3.8, 4) is 0 Å². The second kappa shape index (κ2) is 13.4. The third-order valence-corrected chi connectivity index (χ3v) is 8.13. The first-order valence-corrected chi connectivity index (χ1v) is 14.4. The molecule has 3 saturated heterocycles. The fourth-order valence-electron chi connectivity index (χ4n) is 5.56. The number of carbonyl (C=O) groups excluding carboxylic acids is 3. The molecule has 218 valence electrons. The number of allylic oxidation sites excluding steroid dienone is 3. The molecule has 1 atom stereocenters. The number of alkyl carbamates (subject to hydrolysis) is 1. The molecule has 1 aromatic carbocycles. The fourth-order valence-corrected chi connectivity index (χ4v) is 5.56. The van der Waals surface area contributed by atoms with Gasteiger partial charge in [0.15, 0.2) is 5.76 Å². The minimum absolute atomic E-state index is 0.0252. The number of benzene rings is 1. The standard InChI is InChI=1S/C22H30N2O3.C9H12FNO2/c1-16-3-5-17(6-4-16)19-9-12-24(13-19)20(25)18-7-10-23(11-8-18)21(26)22(2)14-27-15-22;1-2-11-9(12)13-8-6-4-3-5-7(8)10/h3-6,18-19H,7-15H2,1-2H3;4,6H,2-3,5H2,1H3,(H,11,12)/t19-;/m0./s1. The lowest BCUT2D eigenvalue weighted by atomic mass is 9.85. The summed E-state index contributed by atoms with van der Waals surface area (Å²) in [5.74, 6) is 0.659. The first-order valence-electron chi connectivity index (χ1n) is 14.4. The van der Waals surface area contributed by atoms with E-state index in [2.05, 4.69) is 36.5 Å². The van der Waals surface area contributed by atoms with Crippen LogP contribution in [0.2, 0.25) is 0 Å². The van der Waals surface area contributed by atoms with Gasteiger partial charge in [0.1, 0.15) is 5.83 Å². The monoisotopic (exact) mass is 555 g/mol. The van der Waals surface area contributed by atoms with E-state index in [1.807, 2.05) is 16.7 Å². The van der Waals surface area contributed by atoms with Crippen molar-refractivity contribution < 1.29 is 28.2 Å². The van der Waals surface area contributed by atoms with E-state index in [-0.39, 0.29) is 34.7 Å². The van der Waals surface area contributed by atoms with Crippen LogP contribution in [0, 0.1) is 18.3 Å². The van der Waals surface area contributed by atoms with Gasteiger partial charge in [-0.3, -0.25) is 9.59 Å². The zero-order valence-electron chi connectivity index (χ0n) is 23.9. The Balaban J connectivity index is 0.000000240. The topological polar surface area (TPSA) is 88.2 Å². The average Bonchev–Trinajstić information content (AvgIpc) is 3.44. The number of amides is 3. The molecule has 40 heavy (non-hydrogen) atoms. The predicted molar refractivity (Wildman–Crippen MR) is 150 cm³/mol. The highest BCUT2D eigenvalue weighted by atomic mass is 19.1. The van der Waals surface area contributed by atoms with Crippen molar-refractivity contribution in [3.63, 3.8) is 0 Å². The van der Waals surface area contributed by atoms with Crippen molar-refractivity contribution in [2.45, 2.75) is 58.8 Å². The van der Waals surface area contributed by atoms with Gasteiger partial charge in [-0.2, -0.15) is 0 Å². The number of likely N-dealkylation sites (tertiary alicyclic amines) is 2. The number of halogens is 1. The van der Waals surface area contributed by atoms with Gasteiger partial charge in [-0.25, -0.2) is 9.18 Å². The lowest BCUT2D eigenvalue weighted by molar-refractivity contribution is -0.170. The highest BCUT2D eigenvalue weighted by Crippen LogP contribution is 2.33. The van der Waals surface area contributed by atoms with Gasteiger partial charge in [-0.05, 0) is 58.1 Å². The number of hydrogen-bond acceptors (Lipinski definition) is 5. The molecule has 0 saturated carbocycles. The van der Waals surface area contributed by atoms with E-state index in [9.17, 15) is 18.8 Å². The summed E-state index contributed by atoms with van der Waals surface area (Å²) in [5.41, 5.74) is 2.27. The van der Waals surface area contributed by atoms with E-state index in [1.165, 1.54) is 17.2 Å². The molecule has 0 aromatic heterocycles. The van der Waals surface area contributed by atoms with Crippen LogP contribution in [0.15, 0.2) is 48.0 Å². The van der Waals surface area contributed by atoms with Gasteiger partial charge in [-0.15, -0.1) is 0 Å². The fraction of sp³-hybridized carbons (Fsp3) is 0.581. The number of nitrogens with zero attached hydrogens (tertiary/aromatic N) is 2. The molecule has 0 unspecified atom stereocenters. The van der Waals surface area contributed by atoms with Crippen LogP contribution in [0.25, 0.3) is 0 Å². The summed E-state index contributed by atoms with van der Waals surface area (Å²) in [5, 5.41) is 2.42. The van der Waals surface area contributed by atoms with Crippen LogP contribution < -0.4 is 5.32 Å². The molecule has 3 heterocycles. The maximum Gasteiger partial charge on any atom is 0.412 e. The van der Waals surface area contributed by atoms with Crippen molar-refractivity contribution in [2.75, 3.05) is 45.9 Å². The number of hydrogen-bond donors (Lipinski definition) is 1. The summed E-state index contributed by atoms with van der Waals surface area (Å²) in [6.45, 7) is 10.4. The number of rotatable bonds is 5. The number of carbonyl (C=O) groups is 3. The highest BCUT2D eigenvalue weighted by molar-refractivity contribution is 5.84. The van der Waals surface area contributed by atoms with Crippen molar-refractivity contribution in [3.05, 3.63) is 59.1 Å². The summed E-state index contributed by atoms with van der Waals surface area (Å²) < 4.78 is 22.9. The molecule has 1 N–H and O–H groups in total. The van der Waals surface area contributed by atoms with Gasteiger partial charge >= 0.3 is 6.09 Å². The van der Waals surface area contributed by atoms with Crippen molar-refractivity contribution >= 4 is 17.9 Å². The maximum atomic E-state index is 13.0. The smallest absolute Gasteiger partial charge is 0.408 e. The third kappa shape index (κ3) is 7.30. The molecule has 1 aromatic rings. The second-order valence-electron chi connectivity index (χ2n) is 11.4. The normalized spacial score (nSPS) is 22.2. The van der Waals surface area contributed by atoms with E-state index in [4.69, 9.17) is 9.47 Å². The van der Waals surface area contributed by atoms with Gasteiger partial charge in [-0.1, -0.05) is 35.9 Å². The number of nitrogens with one attached hydrogen (secondary N) is 1. The number of ether oxygens (including phenoxy) is 2. The Morgan fingerprint density at radius 2 is 1.75 bits per heavy atom. The Morgan fingerprint density at radius 3 is 2.35 bits per heavy atom. The van der Waals surface area contributed by atoms with Gasteiger partial charge in [0.2, 0.25) is 11.8 Å². The highest BCUT2D eigenvalue weighted by Gasteiger charge is 2.45. The zero-order valence-corrected chi connectivity index (χ0v) is 23.9. The van der Waals surface area contributed by atoms with Crippen LogP contribution >= 0.6 is 0 Å². The van der Waals surface area contributed by atoms with Gasteiger partial charge in [0.05, 0.1) is 18.6 Å². The molecule has 8 nitrogen and oxygen atoms in total. The van der Waals surface area contributed by atoms with Crippen LogP contribution in [0.5, 0.6) is 0 Å². The molecule has 0 spiro atoms. The van der Waals surface area contributed by atoms with E-state index < -0.39 is 6.09 Å². The van der Waals surface area contributed by atoms with E-state index >= 15 is 0 Å². The van der Waals surface area contributed by atoms with E-state index in [1.54, 1.807) is 13.0 Å². The first-order chi connectivity index (χ1) is 19.2. The molecule has 3 aliphatic heterocycles. The largest absolute Gasteiger partial charge is 0.412 e. The molecule has 0 bridgehead atoms. The van der Waals surface area contributed by atoms with Crippen LogP contribution in [-0.4, -0.2) is 73.6 Å². The molecule has 5 rings (SSSR count). The Morgan fingerprint density at radius 1 is 1.07 bits per heavy atom. The van der Waals surface area contributed by atoms with Crippen LogP contribution in [0.4, 0.5) is 9.18 Å². The Bertz CT molecular complexity index is 1120. The lowest BCUT2D eigenvalue weighted by Crippen LogP contribution is -2.55. The quantitative estimate of drug-likeness (QED) is 0.561. The van der Waals surface area contributed by atoms with Gasteiger partial charge < -0.3 is 24.6 Å². The molecule has 0 radical (unpaired) electrons. The minimum atomic E-state index is -0.612. The number of piperidine rings is 1. The number of aryl methyl sites for hydroxylation is 1. The molecular weight excluding hydrogens is 513 g/mol. The average molecular weight is 556 g/mol. The molecular formula is C31H42FN3O5. The molecule has 1 aliphatic carbocycles. The predicted octanol–water partition coefficient (Wildman–Crippen LogP) is 4.85. The van der Waals surface area contributed by atoms with Crippen LogP contribution in [-0.2, 0) is 19.1 Å². The Kier molecular flexibility index (Phi) is 10.0. The summed E-state index contributed by atoms with van der Waals surface area (Å²) >= 11 is 0. The Hall–Kier alpha value is -3.20. The third-order valence-electron chi connectivity index (χ3n) is 8.13. The lowest BCUT2D eigenvalue weighted by Gasteiger charge is -2.42. The first kappa shape index (κ1) is 29.8. The molecule has 3 amide bonds.